The van der Waals surface area contributed by atoms with Crippen molar-refractivity contribution in [3.63, 3.8) is 0 Å². The normalized spacial score (nSPS) is 15.7. The Bertz CT molecular complexity index is 560. The lowest BCUT2D eigenvalue weighted by Crippen LogP contribution is -2.04. The molecule has 118 valence electrons. The van der Waals surface area contributed by atoms with Crippen molar-refractivity contribution in [1.29, 1.82) is 0 Å². The van der Waals surface area contributed by atoms with Crippen molar-refractivity contribution in [1.82, 2.24) is 0 Å². The molecule has 2 aromatic carbocycles. The van der Waals surface area contributed by atoms with E-state index in [1.165, 1.54) is 11.1 Å². The molecule has 22 heavy (non-hydrogen) atoms. The van der Waals surface area contributed by atoms with E-state index < -0.39 is 0 Å². The summed E-state index contributed by atoms with van der Waals surface area (Å²) in [4.78, 5) is 0. The third-order valence-corrected chi connectivity index (χ3v) is 3.24. The van der Waals surface area contributed by atoms with E-state index >= 15 is 0 Å². The number of phenolic OH excluding ortho intramolecular Hbond substituents is 1. The van der Waals surface area contributed by atoms with E-state index in [-0.39, 0.29) is 0 Å². The standard InChI is InChI=1S/C11H14O2.C8H10O/c1-8-3-9(2)5-10(4-8)12-6-11-7-13-11;1-6-3-7(2)5-8(9)4-6/h3-5,11H,6-7H2,1-2H3;3-5,9H,1-2H3. The zero-order valence-corrected chi connectivity index (χ0v) is 13.7. The van der Waals surface area contributed by atoms with Gasteiger partial charge in [0.1, 0.15) is 24.2 Å². The molecule has 0 bridgehead atoms. The summed E-state index contributed by atoms with van der Waals surface area (Å²) in [6.45, 7) is 9.62. The summed E-state index contributed by atoms with van der Waals surface area (Å²) in [5.41, 5.74) is 4.69. The van der Waals surface area contributed by atoms with Crippen LogP contribution in [0.4, 0.5) is 0 Å². The van der Waals surface area contributed by atoms with Gasteiger partial charge in [0.05, 0.1) is 6.61 Å². The molecule has 1 N–H and O–H groups in total. The molecule has 1 aliphatic rings. The predicted molar refractivity (Wildman–Crippen MR) is 88.7 cm³/mol. The molecule has 1 fully saturated rings. The number of hydrogen-bond donors (Lipinski definition) is 1. The molecule has 1 atom stereocenters. The number of rotatable bonds is 3. The number of phenols is 1. The van der Waals surface area contributed by atoms with Crippen LogP contribution in [0.25, 0.3) is 0 Å². The molecule has 3 heteroatoms. The van der Waals surface area contributed by atoms with Crippen LogP contribution in [0.3, 0.4) is 0 Å². The number of ether oxygens (including phenoxy) is 2. The Hall–Kier alpha value is -2.00. The first kappa shape index (κ1) is 16.4. The van der Waals surface area contributed by atoms with Gasteiger partial charge in [-0.25, -0.2) is 0 Å². The molecule has 0 radical (unpaired) electrons. The van der Waals surface area contributed by atoms with Crippen LogP contribution in [0.1, 0.15) is 22.3 Å². The Morgan fingerprint density at radius 1 is 0.909 bits per heavy atom. The smallest absolute Gasteiger partial charge is 0.119 e. The van der Waals surface area contributed by atoms with Crippen molar-refractivity contribution in [2.45, 2.75) is 33.8 Å². The van der Waals surface area contributed by atoms with Gasteiger partial charge in [0, 0.05) is 0 Å². The van der Waals surface area contributed by atoms with Crippen LogP contribution >= 0.6 is 0 Å². The molecule has 0 aliphatic carbocycles. The van der Waals surface area contributed by atoms with Crippen LogP contribution < -0.4 is 4.74 Å². The van der Waals surface area contributed by atoms with Gasteiger partial charge in [-0.3, -0.25) is 0 Å². The van der Waals surface area contributed by atoms with Gasteiger partial charge in [0.15, 0.2) is 0 Å². The largest absolute Gasteiger partial charge is 0.508 e. The number of hydrogen-bond acceptors (Lipinski definition) is 3. The van der Waals surface area contributed by atoms with Crippen LogP contribution in [0, 0.1) is 27.7 Å². The van der Waals surface area contributed by atoms with Gasteiger partial charge in [-0.05, 0) is 74.2 Å². The van der Waals surface area contributed by atoms with Crippen molar-refractivity contribution in [2.24, 2.45) is 0 Å². The lowest BCUT2D eigenvalue weighted by atomic mass is 10.1. The summed E-state index contributed by atoms with van der Waals surface area (Å²) in [7, 11) is 0. The number of aromatic hydroxyl groups is 1. The molecular weight excluding hydrogens is 276 g/mol. The lowest BCUT2D eigenvalue weighted by Gasteiger charge is -2.06. The van der Waals surface area contributed by atoms with Crippen LogP contribution in [0.15, 0.2) is 36.4 Å². The minimum Gasteiger partial charge on any atom is -0.508 e. The van der Waals surface area contributed by atoms with Crippen molar-refractivity contribution >= 4 is 0 Å². The quantitative estimate of drug-likeness (QED) is 0.868. The van der Waals surface area contributed by atoms with Gasteiger partial charge in [-0.1, -0.05) is 12.1 Å². The van der Waals surface area contributed by atoms with E-state index in [1.807, 2.05) is 19.9 Å². The highest BCUT2D eigenvalue weighted by Crippen LogP contribution is 2.18. The third-order valence-electron chi connectivity index (χ3n) is 3.24. The fraction of sp³-hybridized carbons (Fsp3) is 0.368. The van der Waals surface area contributed by atoms with Gasteiger partial charge < -0.3 is 14.6 Å². The minimum absolute atomic E-state index is 0.334. The molecule has 1 aliphatic heterocycles. The first-order valence-electron chi connectivity index (χ1n) is 7.52. The van der Waals surface area contributed by atoms with E-state index in [0.717, 1.165) is 23.5 Å². The second-order valence-electron chi connectivity index (χ2n) is 5.94. The Balaban J connectivity index is 0.000000172. The first-order valence-corrected chi connectivity index (χ1v) is 7.52. The van der Waals surface area contributed by atoms with Gasteiger partial charge in [0.25, 0.3) is 0 Å². The Labute approximate surface area is 132 Å². The molecule has 1 saturated heterocycles. The van der Waals surface area contributed by atoms with Crippen LogP contribution in [0.2, 0.25) is 0 Å². The summed E-state index contributed by atoms with van der Waals surface area (Å²) >= 11 is 0. The zero-order chi connectivity index (χ0) is 16.1. The maximum absolute atomic E-state index is 8.99. The summed E-state index contributed by atoms with van der Waals surface area (Å²) in [5, 5.41) is 8.99. The summed E-state index contributed by atoms with van der Waals surface area (Å²) in [6.07, 6.45) is 0.334. The molecule has 3 rings (SSSR count). The molecule has 0 spiro atoms. The fourth-order valence-electron chi connectivity index (χ4n) is 2.32. The number of benzene rings is 2. The minimum atomic E-state index is 0.334. The van der Waals surface area contributed by atoms with Gasteiger partial charge in [-0.2, -0.15) is 0 Å². The van der Waals surface area contributed by atoms with Crippen molar-refractivity contribution in [2.75, 3.05) is 13.2 Å². The molecule has 1 unspecified atom stereocenters. The van der Waals surface area contributed by atoms with Crippen molar-refractivity contribution in [3.8, 4) is 11.5 Å². The monoisotopic (exact) mass is 300 g/mol. The number of epoxide rings is 1. The lowest BCUT2D eigenvalue weighted by molar-refractivity contribution is 0.263. The maximum Gasteiger partial charge on any atom is 0.119 e. The van der Waals surface area contributed by atoms with Crippen LogP contribution in [-0.4, -0.2) is 24.4 Å². The van der Waals surface area contributed by atoms with E-state index in [4.69, 9.17) is 14.6 Å². The van der Waals surface area contributed by atoms with Gasteiger partial charge >= 0.3 is 0 Å². The summed E-state index contributed by atoms with van der Waals surface area (Å²) in [6, 6.07) is 11.8. The SMILES string of the molecule is Cc1cc(C)cc(O)c1.Cc1cc(C)cc(OCC2CO2)c1. The van der Waals surface area contributed by atoms with Gasteiger partial charge in [0.2, 0.25) is 0 Å². The van der Waals surface area contributed by atoms with Gasteiger partial charge in [-0.15, -0.1) is 0 Å². The second-order valence-corrected chi connectivity index (χ2v) is 5.94. The molecule has 0 saturated carbocycles. The molecule has 0 amide bonds. The molecule has 3 nitrogen and oxygen atoms in total. The molecular formula is C19H24O3. The maximum atomic E-state index is 8.99. The fourth-order valence-corrected chi connectivity index (χ4v) is 2.32. The molecule has 2 aromatic rings. The van der Waals surface area contributed by atoms with Crippen LogP contribution in [0.5, 0.6) is 11.5 Å². The first-order chi connectivity index (χ1) is 10.4. The van der Waals surface area contributed by atoms with Crippen molar-refractivity contribution in [3.05, 3.63) is 58.7 Å². The average Bonchev–Trinajstić information content (AvgIpc) is 3.18. The van der Waals surface area contributed by atoms with E-state index in [0.29, 0.717) is 18.5 Å². The highest BCUT2D eigenvalue weighted by atomic mass is 16.6. The zero-order valence-electron chi connectivity index (χ0n) is 13.7. The molecule has 0 aromatic heterocycles. The predicted octanol–water partition coefficient (Wildman–Crippen LogP) is 4.09. The second kappa shape index (κ2) is 7.32. The Kier molecular flexibility index (Phi) is 5.45. The summed E-state index contributed by atoms with van der Waals surface area (Å²) in [5.74, 6) is 1.31. The van der Waals surface area contributed by atoms with Crippen LogP contribution in [-0.2, 0) is 4.74 Å². The highest BCUT2D eigenvalue weighted by Gasteiger charge is 2.22. The van der Waals surface area contributed by atoms with E-state index in [1.54, 1.807) is 12.1 Å². The molecule has 1 heterocycles. The van der Waals surface area contributed by atoms with Crippen molar-refractivity contribution < 1.29 is 14.6 Å². The topological polar surface area (TPSA) is 42.0 Å². The Morgan fingerprint density at radius 2 is 1.36 bits per heavy atom. The average molecular weight is 300 g/mol. The third kappa shape index (κ3) is 5.78. The highest BCUT2D eigenvalue weighted by molar-refractivity contribution is 5.33. The van der Waals surface area contributed by atoms with E-state index in [9.17, 15) is 0 Å². The Morgan fingerprint density at radius 3 is 1.77 bits per heavy atom. The van der Waals surface area contributed by atoms with E-state index in [2.05, 4.69) is 32.0 Å². The number of aryl methyl sites for hydroxylation is 4. The summed E-state index contributed by atoms with van der Waals surface area (Å²) < 4.78 is 10.6.